The molecule has 0 aliphatic heterocycles. The third kappa shape index (κ3) is 6.23. The van der Waals surface area contributed by atoms with Gasteiger partial charge in [-0.3, -0.25) is 4.68 Å². The standard InChI is InChI=1S/C34H37BrClFN4O3/c1-4-27-31(28(20-35)40(3)39-27)30-26(36)15-14-25-24(33(34(42)43)41(32(25)30)17-6-5-16-38-2)10-8-18-44-29-11-7-9-21-19-22(37)12-13-23(21)29/h7,9,11-15,19,38H,4-6,8,10,16-18,20H2,1-3H3,(H,42,43). The maximum Gasteiger partial charge on any atom is 0.352 e. The Labute approximate surface area is 270 Å². The maximum absolute atomic E-state index is 13.7. The molecule has 10 heteroatoms. The number of carboxylic acid groups (broad SMARTS) is 1. The fourth-order valence-corrected chi connectivity index (χ4v) is 7.00. The molecule has 0 aliphatic rings. The summed E-state index contributed by atoms with van der Waals surface area (Å²) in [6, 6.07) is 14.0. The van der Waals surface area contributed by atoms with Crippen LogP contribution in [0.2, 0.25) is 5.02 Å². The van der Waals surface area contributed by atoms with E-state index < -0.39 is 5.97 Å². The molecule has 7 nitrogen and oxygen atoms in total. The zero-order valence-electron chi connectivity index (χ0n) is 25.2. The number of carboxylic acids is 1. The fraction of sp³-hybridized carbons (Fsp3) is 0.353. The van der Waals surface area contributed by atoms with Crippen LogP contribution in [0.5, 0.6) is 5.75 Å². The van der Waals surface area contributed by atoms with Gasteiger partial charge in [-0.05, 0) is 87.0 Å². The summed E-state index contributed by atoms with van der Waals surface area (Å²) in [4.78, 5) is 13.0. The van der Waals surface area contributed by atoms with Gasteiger partial charge >= 0.3 is 5.97 Å². The van der Waals surface area contributed by atoms with Crippen LogP contribution < -0.4 is 10.1 Å². The minimum absolute atomic E-state index is 0.288. The molecular formula is C34H37BrClFN4O3. The Morgan fingerprint density at radius 1 is 1.11 bits per heavy atom. The van der Waals surface area contributed by atoms with Crippen LogP contribution >= 0.6 is 27.5 Å². The molecule has 2 heterocycles. The van der Waals surface area contributed by atoms with E-state index in [1.807, 2.05) is 53.7 Å². The lowest BCUT2D eigenvalue weighted by Crippen LogP contribution is -2.13. The van der Waals surface area contributed by atoms with E-state index in [1.54, 1.807) is 6.07 Å². The molecule has 0 spiro atoms. The van der Waals surface area contributed by atoms with Crippen LogP contribution in [0.4, 0.5) is 4.39 Å². The van der Waals surface area contributed by atoms with Gasteiger partial charge in [0.25, 0.3) is 0 Å². The molecule has 0 fully saturated rings. The average molecular weight is 684 g/mol. The first-order chi connectivity index (χ1) is 21.3. The average Bonchev–Trinajstić information content (AvgIpc) is 3.50. The quantitative estimate of drug-likeness (QED) is 0.0912. The van der Waals surface area contributed by atoms with Crippen LogP contribution in [0.1, 0.15) is 53.6 Å². The van der Waals surface area contributed by atoms with Crippen LogP contribution in [-0.4, -0.2) is 45.6 Å². The summed E-state index contributed by atoms with van der Waals surface area (Å²) in [7, 11) is 3.84. The zero-order chi connectivity index (χ0) is 31.4. The molecule has 0 aliphatic carbocycles. The number of carbonyl (C=O) groups is 1. The molecule has 2 aromatic heterocycles. The summed E-state index contributed by atoms with van der Waals surface area (Å²) in [6.07, 6.45) is 3.52. The van der Waals surface area contributed by atoms with Gasteiger partial charge in [0.2, 0.25) is 0 Å². The minimum Gasteiger partial charge on any atom is -0.493 e. The van der Waals surface area contributed by atoms with E-state index in [9.17, 15) is 14.3 Å². The van der Waals surface area contributed by atoms with E-state index in [0.29, 0.717) is 48.5 Å². The fourth-order valence-electron chi connectivity index (χ4n) is 6.11. The summed E-state index contributed by atoms with van der Waals surface area (Å²) in [5.74, 6) is -0.585. The summed E-state index contributed by atoms with van der Waals surface area (Å²) in [5.41, 5.74) is 5.57. The van der Waals surface area contributed by atoms with Crippen molar-refractivity contribution in [2.45, 2.75) is 50.9 Å². The highest BCUT2D eigenvalue weighted by Crippen LogP contribution is 2.43. The Hall–Kier alpha value is -3.40. The lowest BCUT2D eigenvalue weighted by molar-refractivity contribution is 0.0684. The number of aromatic nitrogens is 3. The van der Waals surface area contributed by atoms with E-state index >= 15 is 0 Å². The number of nitrogens with one attached hydrogen (secondary N) is 1. The molecule has 0 bridgehead atoms. The van der Waals surface area contributed by atoms with Gasteiger partial charge in [-0.1, -0.05) is 52.7 Å². The monoisotopic (exact) mass is 682 g/mol. The van der Waals surface area contributed by atoms with Gasteiger partial charge in [0.15, 0.2) is 0 Å². The SMILES string of the molecule is CCc1nn(C)c(CBr)c1-c1c(Cl)ccc2c(CCCOc3cccc4cc(F)ccc34)c(C(=O)O)n(CCCCNC)c12. The normalized spacial score (nSPS) is 11.6. The van der Waals surface area contributed by atoms with Crippen molar-refractivity contribution in [3.63, 3.8) is 0 Å². The highest BCUT2D eigenvalue weighted by Gasteiger charge is 2.28. The molecule has 3 aromatic carbocycles. The van der Waals surface area contributed by atoms with Gasteiger partial charge in [-0.2, -0.15) is 5.10 Å². The zero-order valence-corrected chi connectivity index (χ0v) is 27.6. The van der Waals surface area contributed by atoms with E-state index in [1.165, 1.54) is 12.1 Å². The van der Waals surface area contributed by atoms with Crippen molar-refractivity contribution in [1.82, 2.24) is 19.7 Å². The first-order valence-corrected chi connectivity index (χ1v) is 16.4. The number of unbranched alkanes of at least 4 members (excludes halogenated alkanes) is 1. The summed E-state index contributed by atoms with van der Waals surface area (Å²) < 4.78 is 23.7. The number of fused-ring (bicyclic) bond motifs is 2. The Bertz CT molecular complexity index is 1820. The molecule has 0 radical (unpaired) electrons. The van der Waals surface area contributed by atoms with Crippen molar-refractivity contribution in [2.75, 3.05) is 20.2 Å². The third-order valence-corrected chi connectivity index (χ3v) is 8.97. The van der Waals surface area contributed by atoms with Gasteiger partial charge in [0, 0.05) is 40.8 Å². The van der Waals surface area contributed by atoms with Crippen molar-refractivity contribution in [3.05, 3.63) is 82.0 Å². The van der Waals surface area contributed by atoms with Gasteiger partial charge in [-0.25, -0.2) is 9.18 Å². The molecule has 5 aromatic rings. The first-order valence-electron chi connectivity index (χ1n) is 14.9. The smallest absolute Gasteiger partial charge is 0.352 e. The molecule has 232 valence electrons. The maximum atomic E-state index is 13.7. The lowest BCUT2D eigenvalue weighted by Gasteiger charge is -2.14. The highest BCUT2D eigenvalue weighted by atomic mass is 79.9. The van der Waals surface area contributed by atoms with E-state index in [2.05, 4.69) is 28.2 Å². The Morgan fingerprint density at radius 2 is 1.91 bits per heavy atom. The third-order valence-electron chi connectivity index (χ3n) is 8.12. The minimum atomic E-state index is -0.966. The number of aryl methyl sites for hydroxylation is 4. The number of halogens is 3. The van der Waals surface area contributed by atoms with Crippen molar-refractivity contribution in [3.8, 4) is 16.9 Å². The number of hydrogen-bond acceptors (Lipinski definition) is 4. The van der Waals surface area contributed by atoms with Crippen LogP contribution in [-0.2, 0) is 31.8 Å². The predicted octanol–water partition coefficient (Wildman–Crippen LogP) is 8.15. The Kier molecular flexibility index (Phi) is 10.3. The molecule has 44 heavy (non-hydrogen) atoms. The second-order valence-corrected chi connectivity index (χ2v) is 11.8. The summed E-state index contributed by atoms with van der Waals surface area (Å²) in [5, 5.41) is 22.2. The highest BCUT2D eigenvalue weighted by molar-refractivity contribution is 9.08. The van der Waals surface area contributed by atoms with Crippen LogP contribution in [0.15, 0.2) is 48.5 Å². The largest absolute Gasteiger partial charge is 0.493 e. The van der Waals surface area contributed by atoms with Crippen LogP contribution in [0, 0.1) is 5.82 Å². The van der Waals surface area contributed by atoms with Gasteiger partial charge in [0.05, 0.1) is 28.5 Å². The number of rotatable bonds is 14. The van der Waals surface area contributed by atoms with E-state index in [4.69, 9.17) is 21.4 Å². The van der Waals surface area contributed by atoms with Gasteiger partial charge < -0.3 is 19.7 Å². The number of benzene rings is 3. The van der Waals surface area contributed by atoms with Crippen molar-refractivity contribution >= 4 is 55.2 Å². The van der Waals surface area contributed by atoms with Crippen LogP contribution in [0.3, 0.4) is 0 Å². The van der Waals surface area contributed by atoms with E-state index in [0.717, 1.165) is 69.1 Å². The van der Waals surface area contributed by atoms with E-state index in [-0.39, 0.29) is 11.5 Å². The topological polar surface area (TPSA) is 81.3 Å². The van der Waals surface area contributed by atoms with Gasteiger partial charge in [-0.15, -0.1) is 0 Å². The molecule has 0 saturated carbocycles. The number of hydrogen-bond donors (Lipinski definition) is 2. The Balaban J connectivity index is 1.58. The molecule has 2 N–H and O–H groups in total. The second-order valence-electron chi connectivity index (χ2n) is 10.9. The summed E-state index contributed by atoms with van der Waals surface area (Å²) >= 11 is 10.6. The predicted molar refractivity (Wildman–Crippen MR) is 179 cm³/mol. The van der Waals surface area contributed by atoms with Gasteiger partial charge in [0.1, 0.15) is 17.3 Å². The molecule has 0 saturated heterocycles. The summed E-state index contributed by atoms with van der Waals surface area (Å²) in [6.45, 7) is 3.83. The second kappa shape index (κ2) is 14.1. The molecule has 5 rings (SSSR count). The lowest BCUT2D eigenvalue weighted by atomic mass is 9.97. The number of aromatic carboxylic acids is 1. The molecule has 0 atom stereocenters. The molecule has 0 unspecified atom stereocenters. The molecule has 0 amide bonds. The van der Waals surface area contributed by atoms with Crippen molar-refractivity contribution in [2.24, 2.45) is 7.05 Å². The van der Waals surface area contributed by atoms with Crippen molar-refractivity contribution < 1.29 is 19.0 Å². The van der Waals surface area contributed by atoms with Crippen LogP contribution in [0.25, 0.3) is 32.8 Å². The first kappa shape index (κ1) is 32.0. The van der Waals surface area contributed by atoms with Crippen molar-refractivity contribution in [1.29, 1.82) is 0 Å². The molecular weight excluding hydrogens is 647 g/mol. The Morgan fingerprint density at radius 3 is 2.64 bits per heavy atom. The number of nitrogens with zero attached hydrogens (tertiary/aromatic N) is 3. The number of ether oxygens (including phenoxy) is 1. The number of alkyl halides is 1.